The summed E-state index contributed by atoms with van der Waals surface area (Å²) < 4.78 is 0. The molecule has 7 heteroatoms. The summed E-state index contributed by atoms with van der Waals surface area (Å²) in [5.41, 5.74) is -0.357. The molecule has 2 heterocycles. The lowest BCUT2D eigenvalue weighted by molar-refractivity contribution is -0.384. The molecule has 1 unspecified atom stereocenters. The second kappa shape index (κ2) is 5.44. The summed E-state index contributed by atoms with van der Waals surface area (Å²) in [5, 5.41) is 20.1. The fourth-order valence-corrected chi connectivity index (χ4v) is 2.29. The Hall–Kier alpha value is -2.49. The number of pyridine rings is 1. The van der Waals surface area contributed by atoms with Crippen molar-refractivity contribution in [3.05, 3.63) is 27.9 Å². The molecule has 1 aromatic heterocycles. The summed E-state index contributed by atoms with van der Waals surface area (Å²) in [7, 11) is 0. The van der Waals surface area contributed by atoms with Crippen LogP contribution in [0.5, 0.6) is 0 Å². The molecule has 0 N–H and O–H groups in total. The van der Waals surface area contributed by atoms with Gasteiger partial charge in [-0.05, 0) is 25.3 Å². The summed E-state index contributed by atoms with van der Waals surface area (Å²) in [5.74, 6) is 0.112. The third-order valence-electron chi connectivity index (χ3n) is 3.19. The number of nitriles is 1. The Morgan fingerprint density at radius 3 is 3.00 bits per heavy atom. The van der Waals surface area contributed by atoms with Crippen molar-refractivity contribution in [1.29, 1.82) is 5.26 Å². The average molecular weight is 260 g/mol. The van der Waals surface area contributed by atoms with Crippen LogP contribution in [0.4, 0.5) is 11.5 Å². The van der Waals surface area contributed by atoms with E-state index in [-0.39, 0.29) is 17.1 Å². The maximum atomic E-state index is 11.1. The quantitative estimate of drug-likeness (QED) is 0.463. The van der Waals surface area contributed by atoms with E-state index < -0.39 is 11.0 Å². The third-order valence-corrected chi connectivity index (χ3v) is 3.19. The van der Waals surface area contributed by atoms with Crippen LogP contribution in [0.1, 0.15) is 24.8 Å². The number of hydrogen-bond donors (Lipinski definition) is 0. The molecule has 1 fully saturated rings. The highest BCUT2D eigenvalue weighted by Gasteiger charge is 2.31. The summed E-state index contributed by atoms with van der Waals surface area (Å²) in [6, 6.07) is 2.69. The molecule has 0 aliphatic carbocycles. The Labute approximate surface area is 109 Å². The summed E-state index contributed by atoms with van der Waals surface area (Å²) in [4.78, 5) is 27.2. The molecular weight excluding hydrogens is 248 g/mol. The second-order valence-electron chi connectivity index (χ2n) is 4.29. The van der Waals surface area contributed by atoms with E-state index in [1.807, 2.05) is 0 Å². The van der Waals surface area contributed by atoms with E-state index in [0.717, 1.165) is 19.1 Å². The van der Waals surface area contributed by atoms with Crippen molar-refractivity contribution in [2.75, 3.05) is 11.4 Å². The van der Waals surface area contributed by atoms with Crippen LogP contribution < -0.4 is 4.90 Å². The zero-order chi connectivity index (χ0) is 13.8. The molecule has 0 bridgehead atoms. The number of carbonyl (C=O) groups excluding carboxylic acids is 1. The number of piperidine rings is 1. The Bertz CT molecular complexity index is 552. The van der Waals surface area contributed by atoms with Gasteiger partial charge in [0.05, 0.1) is 11.0 Å². The highest BCUT2D eigenvalue weighted by Crippen LogP contribution is 2.32. The smallest absolute Gasteiger partial charge is 0.329 e. The molecule has 1 saturated heterocycles. The molecule has 0 amide bonds. The molecule has 1 aromatic rings. The van der Waals surface area contributed by atoms with E-state index in [9.17, 15) is 14.9 Å². The standard InChI is InChI=1S/C12H12N4O3/c13-7-9-4-5-14-12(11(9)16(18)19)15-6-2-1-3-10(15)8-17/h4-5,8,10H,1-3,6H2. The molecule has 1 aliphatic heterocycles. The first-order valence-electron chi connectivity index (χ1n) is 5.94. The minimum Gasteiger partial charge on any atom is -0.341 e. The molecule has 1 atom stereocenters. The van der Waals surface area contributed by atoms with Gasteiger partial charge in [0, 0.05) is 12.7 Å². The van der Waals surface area contributed by atoms with Crippen molar-refractivity contribution in [2.45, 2.75) is 25.3 Å². The van der Waals surface area contributed by atoms with Crippen LogP contribution in [0, 0.1) is 21.4 Å². The van der Waals surface area contributed by atoms with Crippen LogP contribution >= 0.6 is 0 Å². The Morgan fingerprint density at radius 1 is 1.58 bits per heavy atom. The zero-order valence-corrected chi connectivity index (χ0v) is 10.2. The first kappa shape index (κ1) is 13.0. The Morgan fingerprint density at radius 2 is 2.37 bits per heavy atom. The molecule has 0 saturated carbocycles. The fraction of sp³-hybridized carbons (Fsp3) is 0.417. The molecule has 0 aromatic carbocycles. The van der Waals surface area contributed by atoms with Crippen molar-refractivity contribution in [3.63, 3.8) is 0 Å². The lowest BCUT2D eigenvalue weighted by Crippen LogP contribution is -2.41. The Balaban J connectivity index is 2.52. The molecule has 0 spiro atoms. The summed E-state index contributed by atoms with van der Waals surface area (Å²) in [6.45, 7) is 0.534. The van der Waals surface area contributed by atoms with Gasteiger partial charge in [0.1, 0.15) is 17.9 Å². The number of anilines is 1. The molecule has 0 radical (unpaired) electrons. The van der Waals surface area contributed by atoms with E-state index >= 15 is 0 Å². The molecule has 2 rings (SSSR count). The normalized spacial score (nSPS) is 18.7. The largest absolute Gasteiger partial charge is 0.341 e. The molecule has 1 aliphatic rings. The van der Waals surface area contributed by atoms with E-state index in [0.29, 0.717) is 13.0 Å². The van der Waals surface area contributed by atoms with Gasteiger partial charge in [-0.25, -0.2) is 4.98 Å². The van der Waals surface area contributed by atoms with Gasteiger partial charge in [-0.1, -0.05) is 0 Å². The molecule has 7 nitrogen and oxygen atoms in total. The maximum Gasteiger partial charge on any atom is 0.329 e. The van der Waals surface area contributed by atoms with Gasteiger partial charge < -0.3 is 9.69 Å². The van der Waals surface area contributed by atoms with Gasteiger partial charge in [0.25, 0.3) is 0 Å². The molecule has 19 heavy (non-hydrogen) atoms. The number of hydrogen-bond acceptors (Lipinski definition) is 6. The predicted molar refractivity (Wildman–Crippen MR) is 66.7 cm³/mol. The molecule has 98 valence electrons. The number of carbonyl (C=O) groups is 1. The van der Waals surface area contributed by atoms with Gasteiger partial charge in [-0.2, -0.15) is 5.26 Å². The minimum atomic E-state index is -0.614. The van der Waals surface area contributed by atoms with Crippen molar-refractivity contribution in [3.8, 4) is 6.07 Å². The van der Waals surface area contributed by atoms with Gasteiger partial charge >= 0.3 is 5.69 Å². The average Bonchev–Trinajstić information content (AvgIpc) is 2.46. The molecular formula is C12H12N4O3. The van der Waals surface area contributed by atoms with Crippen LogP contribution in [0.15, 0.2) is 12.3 Å². The van der Waals surface area contributed by atoms with Crippen LogP contribution in [0.25, 0.3) is 0 Å². The van der Waals surface area contributed by atoms with Crippen molar-refractivity contribution in [2.24, 2.45) is 0 Å². The summed E-state index contributed by atoms with van der Waals surface area (Å²) in [6.07, 6.45) is 4.55. The predicted octanol–water partition coefficient (Wildman–Crippen LogP) is 1.42. The van der Waals surface area contributed by atoms with E-state index in [2.05, 4.69) is 4.98 Å². The Kier molecular flexibility index (Phi) is 3.71. The van der Waals surface area contributed by atoms with Crippen molar-refractivity contribution < 1.29 is 9.72 Å². The zero-order valence-electron chi connectivity index (χ0n) is 10.2. The van der Waals surface area contributed by atoms with E-state index in [1.54, 1.807) is 11.0 Å². The van der Waals surface area contributed by atoms with Gasteiger partial charge in [0.15, 0.2) is 0 Å². The monoisotopic (exact) mass is 260 g/mol. The van der Waals surface area contributed by atoms with Gasteiger partial charge in [0.2, 0.25) is 5.82 Å². The van der Waals surface area contributed by atoms with Gasteiger partial charge in [-0.3, -0.25) is 10.1 Å². The highest BCUT2D eigenvalue weighted by molar-refractivity contribution is 5.72. The van der Waals surface area contributed by atoms with E-state index in [4.69, 9.17) is 5.26 Å². The highest BCUT2D eigenvalue weighted by atomic mass is 16.6. The van der Waals surface area contributed by atoms with Crippen LogP contribution in [0.2, 0.25) is 0 Å². The number of nitrogens with zero attached hydrogens (tertiary/aromatic N) is 4. The summed E-state index contributed by atoms with van der Waals surface area (Å²) >= 11 is 0. The lowest BCUT2D eigenvalue weighted by Gasteiger charge is -2.32. The number of nitro groups is 1. The van der Waals surface area contributed by atoms with Crippen LogP contribution in [0.3, 0.4) is 0 Å². The number of aromatic nitrogens is 1. The third kappa shape index (κ3) is 2.38. The fourth-order valence-electron chi connectivity index (χ4n) is 2.29. The number of rotatable bonds is 3. The van der Waals surface area contributed by atoms with E-state index in [1.165, 1.54) is 12.3 Å². The van der Waals surface area contributed by atoms with Crippen LogP contribution in [-0.2, 0) is 4.79 Å². The van der Waals surface area contributed by atoms with Crippen molar-refractivity contribution >= 4 is 17.8 Å². The van der Waals surface area contributed by atoms with Crippen molar-refractivity contribution in [1.82, 2.24) is 4.98 Å². The second-order valence-corrected chi connectivity index (χ2v) is 4.29. The topological polar surface area (TPSA) is 100 Å². The SMILES string of the molecule is N#Cc1ccnc(N2CCCCC2C=O)c1[N+](=O)[O-]. The maximum absolute atomic E-state index is 11.1. The van der Waals surface area contributed by atoms with Crippen LogP contribution in [-0.4, -0.2) is 28.8 Å². The first-order chi connectivity index (χ1) is 9.19. The minimum absolute atomic E-state index is 0.0368. The van der Waals surface area contributed by atoms with Gasteiger partial charge in [-0.15, -0.1) is 0 Å². The lowest BCUT2D eigenvalue weighted by atomic mass is 10.0. The first-order valence-corrected chi connectivity index (χ1v) is 5.94. The number of aldehydes is 1.